The Morgan fingerprint density at radius 1 is 1.23 bits per heavy atom. The lowest BCUT2D eigenvalue weighted by Crippen LogP contribution is -2.53. The van der Waals surface area contributed by atoms with Gasteiger partial charge in [-0.05, 0) is 19.9 Å². The minimum atomic E-state index is -4.92. The van der Waals surface area contributed by atoms with E-state index in [4.69, 9.17) is 5.26 Å². The Bertz CT molecular complexity index is 744. The first-order chi connectivity index (χ1) is 11.8. The van der Waals surface area contributed by atoms with Gasteiger partial charge in [0.15, 0.2) is 0 Å². The van der Waals surface area contributed by atoms with Crippen LogP contribution in [0.5, 0.6) is 0 Å². The third-order valence-corrected chi connectivity index (χ3v) is 4.79. The highest BCUT2D eigenvalue weighted by Crippen LogP contribution is 2.47. The van der Waals surface area contributed by atoms with Crippen molar-refractivity contribution in [3.8, 4) is 6.07 Å². The quantitative estimate of drug-likeness (QED) is 0.563. The molecule has 142 valence electrons. The Morgan fingerprint density at radius 3 is 2.27 bits per heavy atom. The van der Waals surface area contributed by atoms with Crippen LogP contribution in [0.4, 0.5) is 22.4 Å². The maximum absolute atomic E-state index is 13.8. The maximum atomic E-state index is 13.8. The topological polar surface area (TPSA) is 64.4 Å². The van der Waals surface area contributed by atoms with Crippen LogP contribution in [0.1, 0.15) is 27.7 Å². The second-order valence-electron chi connectivity index (χ2n) is 7.35. The van der Waals surface area contributed by atoms with E-state index in [-0.39, 0.29) is 0 Å². The molecule has 1 unspecified atom stereocenters. The standard InChI is InChI=1S/C17H19F4N3O2/c1-15(2)6-5-10(9-22)11(17(19,20)21)12(15)24-13(25)16(3,4)23(8-7-18)14(24)26/h5-6,12H,7-8H2,1-4H3. The largest absolute Gasteiger partial charge is 0.415 e. The summed E-state index contributed by atoms with van der Waals surface area (Å²) < 4.78 is 54.1. The van der Waals surface area contributed by atoms with Gasteiger partial charge in [-0.25, -0.2) is 9.18 Å². The number of imide groups is 1. The highest BCUT2D eigenvalue weighted by Gasteiger charge is 2.60. The molecule has 0 aromatic rings. The van der Waals surface area contributed by atoms with E-state index < -0.39 is 59.5 Å². The molecule has 0 aromatic heterocycles. The molecule has 3 amide bonds. The molecular formula is C17H19F4N3O2. The molecule has 0 N–H and O–H groups in total. The van der Waals surface area contributed by atoms with Crippen molar-refractivity contribution < 1.29 is 27.2 Å². The van der Waals surface area contributed by atoms with Gasteiger partial charge in [0.2, 0.25) is 0 Å². The van der Waals surface area contributed by atoms with Crippen LogP contribution >= 0.6 is 0 Å². The van der Waals surface area contributed by atoms with Gasteiger partial charge in [0, 0.05) is 5.41 Å². The van der Waals surface area contributed by atoms with E-state index in [9.17, 15) is 27.2 Å². The van der Waals surface area contributed by atoms with E-state index in [1.807, 2.05) is 0 Å². The van der Waals surface area contributed by atoms with Crippen LogP contribution in [0.2, 0.25) is 0 Å². The Morgan fingerprint density at radius 2 is 1.81 bits per heavy atom. The molecule has 0 aromatic carbocycles. The Hall–Kier alpha value is -2.37. The molecule has 0 radical (unpaired) electrons. The molecule has 0 bridgehead atoms. The summed E-state index contributed by atoms with van der Waals surface area (Å²) in [6, 6.07) is -1.22. The van der Waals surface area contributed by atoms with Gasteiger partial charge in [-0.2, -0.15) is 18.4 Å². The first-order valence-corrected chi connectivity index (χ1v) is 7.92. The molecule has 1 atom stereocenters. The summed E-state index contributed by atoms with van der Waals surface area (Å²) in [7, 11) is 0. The number of hydrogen-bond acceptors (Lipinski definition) is 3. The zero-order valence-corrected chi connectivity index (χ0v) is 14.8. The first kappa shape index (κ1) is 19.9. The molecule has 0 saturated carbocycles. The zero-order chi connectivity index (χ0) is 20.1. The van der Waals surface area contributed by atoms with Crippen LogP contribution < -0.4 is 0 Å². The number of halogens is 4. The maximum Gasteiger partial charge on any atom is 0.415 e. The van der Waals surface area contributed by atoms with E-state index in [1.54, 1.807) is 0 Å². The second kappa shape index (κ2) is 6.11. The minimum absolute atomic E-state index is 0.409. The summed E-state index contributed by atoms with van der Waals surface area (Å²) in [5.41, 5.74) is -4.64. The summed E-state index contributed by atoms with van der Waals surface area (Å²) in [6.45, 7) is 4.26. The van der Waals surface area contributed by atoms with E-state index in [1.165, 1.54) is 39.8 Å². The predicted molar refractivity (Wildman–Crippen MR) is 84.4 cm³/mol. The van der Waals surface area contributed by atoms with E-state index in [0.717, 1.165) is 11.0 Å². The Kier molecular flexibility index (Phi) is 4.69. The number of rotatable bonds is 3. The number of carbonyl (C=O) groups excluding carboxylic acids is 2. The van der Waals surface area contributed by atoms with Gasteiger partial charge < -0.3 is 4.90 Å². The number of hydrogen-bond donors (Lipinski definition) is 0. The van der Waals surface area contributed by atoms with E-state index in [0.29, 0.717) is 4.90 Å². The van der Waals surface area contributed by atoms with Crippen LogP contribution in [-0.4, -0.2) is 52.7 Å². The minimum Gasteiger partial charge on any atom is -0.307 e. The number of nitrogens with zero attached hydrogens (tertiary/aromatic N) is 3. The fourth-order valence-corrected chi connectivity index (χ4v) is 3.42. The molecule has 1 saturated heterocycles. The molecule has 1 fully saturated rings. The van der Waals surface area contributed by atoms with Crippen molar-refractivity contribution >= 4 is 11.9 Å². The molecule has 1 aliphatic heterocycles. The van der Waals surface area contributed by atoms with Crippen molar-refractivity contribution in [1.82, 2.24) is 9.80 Å². The zero-order valence-electron chi connectivity index (χ0n) is 14.8. The van der Waals surface area contributed by atoms with Crippen LogP contribution in [0.15, 0.2) is 23.3 Å². The summed E-state index contributed by atoms with van der Waals surface area (Å²) in [4.78, 5) is 27.0. The molecule has 1 heterocycles. The van der Waals surface area contributed by atoms with Crippen molar-refractivity contribution in [3.05, 3.63) is 23.3 Å². The fraction of sp³-hybridized carbons (Fsp3) is 0.588. The van der Waals surface area contributed by atoms with Gasteiger partial charge in [-0.1, -0.05) is 19.9 Å². The van der Waals surface area contributed by atoms with Gasteiger partial charge in [0.25, 0.3) is 5.91 Å². The summed E-state index contributed by atoms with van der Waals surface area (Å²) in [6.07, 6.45) is -2.50. The van der Waals surface area contributed by atoms with Crippen LogP contribution in [0.25, 0.3) is 0 Å². The summed E-state index contributed by atoms with van der Waals surface area (Å²) >= 11 is 0. The summed E-state index contributed by atoms with van der Waals surface area (Å²) in [5.74, 6) is -0.858. The van der Waals surface area contributed by atoms with Crippen molar-refractivity contribution in [1.29, 1.82) is 5.26 Å². The predicted octanol–water partition coefficient (Wildman–Crippen LogP) is 3.35. The third kappa shape index (κ3) is 2.87. The van der Waals surface area contributed by atoms with E-state index in [2.05, 4.69) is 0 Å². The molecule has 5 nitrogen and oxygen atoms in total. The van der Waals surface area contributed by atoms with Crippen LogP contribution in [0, 0.1) is 16.7 Å². The lowest BCUT2D eigenvalue weighted by atomic mass is 9.73. The lowest BCUT2D eigenvalue weighted by molar-refractivity contribution is -0.137. The number of allylic oxidation sites excluding steroid dienone is 2. The van der Waals surface area contributed by atoms with Gasteiger partial charge in [0.05, 0.1) is 29.8 Å². The smallest absolute Gasteiger partial charge is 0.307 e. The normalized spacial score (nSPS) is 25.1. The number of urea groups is 1. The number of amides is 3. The van der Waals surface area contributed by atoms with Crippen molar-refractivity contribution in [2.24, 2.45) is 5.41 Å². The monoisotopic (exact) mass is 373 g/mol. The fourth-order valence-electron chi connectivity index (χ4n) is 3.42. The Balaban J connectivity index is 2.69. The second-order valence-corrected chi connectivity index (χ2v) is 7.35. The van der Waals surface area contributed by atoms with Crippen molar-refractivity contribution in [3.63, 3.8) is 0 Å². The van der Waals surface area contributed by atoms with Crippen molar-refractivity contribution in [2.45, 2.75) is 45.5 Å². The van der Waals surface area contributed by atoms with Gasteiger partial charge in [-0.3, -0.25) is 9.69 Å². The average molecular weight is 373 g/mol. The highest BCUT2D eigenvalue weighted by molar-refractivity contribution is 6.07. The van der Waals surface area contributed by atoms with Crippen molar-refractivity contribution in [2.75, 3.05) is 13.2 Å². The number of alkyl halides is 4. The van der Waals surface area contributed by atoms with Crippen LogP contribution in [0.3, 0.4) is 0 Å². The van der Waals surface area contributed by atoms with E-state index >= 15 is 0 Å². The molecule has 26 heavy (non-hydrogen) atoms. The SMILES string of the molecule is CC1(C)C=CC(C#N)=C(C(F)(F)F)C1N1C(=O)N(CCF)C(C)(C)C1=O. The first-order valence-electron chi connectivity index (χ1n) is 7.92. The van der Waals surface area contributed by atoms with Gasteiger partial charge >= 0.3 is 12.2 Å². The highest BCUT2D eigenvalue weighted by atomic mass is 19.4. The molecule has 2 aliphatic rings. The molecule has 9 heteroatoms. The molecular weight excluding hydrogens is 354 g/mol. The van der Waals surface area contributed by atoms with Gasteiger partial charge in [0.1, 0.15) is 12.2 Å². The third-order valence-electron chi connectivity index (χ3n) is 4.79. The summed E-state index contributed by atoms with van der Waals surface area (Å²) in [5, 5.41) is 9.12. The molecule has 0 spiro atoms. The lowest BCUT2D eigenvalue weighted by Gasteiger charge is -2.41. The molecule has 1 aliphatic carbocycles. The Labute approximate surface area is 148 Å². The van der Waals surface area contributed by atoms with Crippen LogP contribution in [-0.2, 0) is 4.79 Å². The number of nitriles is 1. The average Bonchev–Trinajstić information content (AvgIpc) is 2.66. The number of carbonyl (C=O) groups is 2. The van der Waals surface area contributed by atoms with Gasteiger partial charge in [-0.15, -0.1) is 0 Å². The molecule has 2 rings (SSSR count).